The zero-order valence-corrected chi connectivity index (χ0v) is 21.0. The molecule has 8 nitrogen and oxygen atoms in total. The molecule has 5 aromatic rings. The smallest absolute Gasteiger partial charge is 0.243 e. The molecule has 0 unspecified atom stereocenters. The van der Waals surface area contributed by atoms with Gasteiger partial charge in [0.05, 0.1) is 10.4 Å². The van der Waals surface area contributed by atoms with Crippen molar-refractivity contribution < 1.29 is 8.42 Å². The van der Waals surface area contributed by atoms with Crippen molar-refractivity contribution in [3.63, 3.8) is 0 Å². The SMILES string of the molecule is Cc1cccc(-c2nnc3c4ccccc4nc(N4CCN(S(=O)(=O)c5cccc(C)c5)CC4)n23)c1. The van der Waals surface area contributed by atoms with Gasteiger partial charge in [-0.1, -0.05) is 48.0 Å². The predicted octanol–water partition coefficient (Wildman–Crippen LogP) is 4.07. The highest BCUT2D eigenvalue weighted by Crippen LogP contribution is 2.30. The van der Waals surface area contributed by atoms with Gasteiger partial charge in [-0.2, -0.15) is 4.31 Å². The fourth-order valence-electron chi connectivity index (χ4n) is 4.80. The van der Waals surface area contributed by atoms with Crippen LogP contribution in [-0.4, -0.2) is 58.5 Å². The van der Waals surface area contributed by atoms with Crippen LogP contribution in [0.15, 0.2) is 77.7 Å². The van der Waals surface area contributed by atoms with Crippen LogP contribution < -0.4 is 4.90 Å². The molecule has 0 bridgehead atoms. The highest BCUT2D eigenvalue weighted by Gasteiger charge is 2.30. The number of anilines is 1. The molecule has 3 heterocycles. The fourth-order valence-corrected chi connectivity index (χ4v) is 6.33. The lowest BCUT2D eigenvalue weighted by molar-refractivity contribution is 0.382. The van der Waals surface area contributed by atoms with E-state index in [1.807, 2.05) is 53.8 Å². The minimum Gasteiger partial charge on any atom is -0.339 e. The minimum atomic E-state index is -3.56. The first kappa shape index (κ1) is 22.6. The Balaban J connectivity index is 1.40. The third-order valence-electron chi connectivity index (χ3n) is 6.65. The molecule has 1 aliphatic heterocycles. The fraction of sp³-hybridized carbons (Fsp3) is 0.222. The highest BCUT2D eigenvalue weighted by molar-refractivity contribution is 7.89. The van der Waals surface area contributed by atoms with Crippen LogP contribution in [0.1, 0.15) is 11.1 Å². The first-order valence-electron chi connectivity index (χ1n) is 11.9. The van der Waals surface area contributed by atoms with E-state index in [-0.39, 0.29) is 0 Å². The second-order valence-corrected chi connectivity index (χ2v) is 11.1. The van der Waals surface area contributed by atoms with Gasteiger partial charge < -0.3 is 4.90 Å². The van der Waals surface area contributed by atoms with Crippen LogP contribution in [0, 0.1) is 13.8 Å². The van der Waals surface area contributed by atoms with Gasteiger partial charge in [0.1, 0.15) is 0 Å². The molecule has 0 saturated carbocycles. The average Bonchev–Trinajstić information content (AvgIpc) is 3.34. The molecule has 0 atom stereocenters. The minimum absolute atomic E-state index is 0.336. The number of benzene rings is 3. The molecule has 182 valence electrons. The largest absolute Gasteiger partial charge is 0.339 e. The van der Waals surface area contributed by atoms with E-state index in [0.29, 0.717) is 31.1 Å². The molecule has 6 rings (SSSR count). The van der Waals surface area contributed by atoms with Gasteiger partial charge in [0, 0.05) is 37.1 Å². The van der Waals surface area contributed by atoms with E-state index in [4.69, 9.17) is 4.98 Å². The zero-order valence-electron chi connectivity index (χ0n) is 20.2. The number of aromatic nitrogens is 4. The van der Waals surface area contributed by atoms with Crippen LogP contribution in [-0.2, 0) is 10.0 Å². The Morgan fingerprint density at radius 3 is 2.25 bits per heavy atom. The number of sulfonamides is 1. The van der Waals surface area contributed by atoms with Gasteiger partial charge >= 0.3 is 0 Å². The zero-order chi connectivity index (χ0) is 24.9. The molecule has 2 aromatic heterocycles. The molecule has 36 heavy (non-hydrogen) atoms. The maximum Gasteiger partial charge on any atom is 0.243 e. The van der Waals surface area contributed by atoms with Gasteiger partial charge in [-0.25, -0.2) is 17.8 Å². The topological polar surface area (TPSA) is 83.7 Å². The van der Waals surface area contributed by atoms with E-state index < -0.39 is 10.0 Å². The summed E-state index contributed by atoms with van der Waals surface area (Å²) in [7, 11) is -3.56. The van der Waals surface area contributed by atoms with Crippen LogP contribution >= 0.6 is 0 Å². The van der Waals surface area contributed by atoms with Crippen molar-refractivity contribution in [2.75, 3.05) is 31.1 Å². The third kappa shape index (κ3) is 3.81. The van der Waals surface area contributed by atoms with Crippen molar-refractivity contribution in [2.45, 2.75) is 18.7 Å². The Labute approximate surface area is 209 Å². The number of para-hydroxylation sites is 1. The van der Waals surface area contributed by atoms with Gasteiger partial charge in [-0.05, 0) is 49.7 Å². The second kappa shape index (κ2) is 8.69. The summed E-state index contributed by atoms with van der Waals surface area (Å²) >= 11 is 0. The van der Waals surface area contributed by atoms with Crippen LogP contribution in [0.5, 0.6) is 0 Å². The van der Waals surface area contributed by atoms with Gasteiger partial charge in [-0.3, -0.25) is 0 Å². The standard InChI is InChI=1S/C27H26N6O2S/c1-19-7-5-9-21(17-19)25-29-30-26-23-11-3-4-12-24(23)28-27(33(25)26)31-13-15-32(16-14-31)36(34,35)22-10-6-8-20(2)18-22/h3-12,17-18H,13-16H2,1-2H3. The van der Waals surface area contributed by atoms with E-state index in [0.717, 1.165) is 45.0 Å². The summed E-state index contributed by atoms with van der Waals surface area (Å²) in [4.78, 5) is 7.47. The maximum absolute atomic E-state index is 13.3. The number of piperazine rings is 1. The Morgan fingerprint density at radius 1 is 0.778 bits per heavy atom. The summed E-state index contributed by atoms with van der Waals surface area (Å²) in [5, 5.41) is 10.0. The van der Waals surface area contributed by atoms with E-state index in [1.54, 1.807) is 22.5 Å². The van der Waals surface area contributed by atoms with Crippen LogP contribution in [0.25, 0.3) is 27.9 Å². The molecule has 0 radical (unpaired) electrons. The molecule has 0 N–H and O–H groups in total. The Kier molecular flexibility index (Phi) is 5.46. The van der Waals surface area contributed by atoms with Crippen molar-refractivity contribution in [1.29, 1.82) is 0 Å². The lowest BCUT2D eigenvalue weighted by Crippen LogP contribution is -2.49. The van der Waals surface area contributed by atoms with Gasteiger partial charge in [-0.15, -0.1) is 10.2 Å². The lowest BCUT2D eigenvalue weighted by atomic mass is 10.1. The van der Waals surface area contributed by atoms with Crippen molar-refractivity contribution in [2.24, 2.45) is 0 Å². The van der Waals surface area contributed by atoms with E-state index >= 15 is 0 Å². The molecule has 0 amide bonds. The number of nitrogens with zero attached hydrogens (tertiary/aromatic N) is 6. The van der Waals surface area contributed by atoms with Crippen molar-refractivity contribution in [1.82, 2.24) is 23.9 Å². The quantitative estimate of drug-likeness (QED) is 0.371. The van der Waals surface area contributed by atoms with Crippen LogP contribution in [0.4, 0.5) is 5.95 Å². The Bertz CT molecular complexity index is 1700. The average molecular weight is 499 g/mol. The molecular weight excluding hydrogens is 472 g/mol. The van der Waals surface area contributed by atoms with Crippen molar-refractivity contribution in [3.8, 4) is 11.4 Å². The maximum atomic E-state index is 13.3. The molecule has 1 aliphatic rings. The molecule has 1 saturated heterocycles. The third-order valence-corrected chi connectivity index (χ3v) is 8.55. The number of hydrogen-bond donors (Lipinski definition) is 0. The number of aryl methyl sites for hydroxylation is 2. The molecule has 3 aromatic carbocycles. The number of rotatable bonds is 4. The first-order valence-corrected chi connectivity index (χ1v) is 13.4. The first-order chi connectivity index (χ1) is 17.4. The molecule has 0 aliphatic carbocycles. The molecular formula is C27H26N6O2S. The second-order valence-electron chi connectivity index (χ2n) is 9.19. The molecule has 9 heteroatoms. The summed E-state index contributed by atoms with van der Waals surface area (Å²) in [5.41, 5.74) is 4.59. The predicted molar refractivity (Wildman–Crippen MR) is 141 cm³/mol. The summed E-state index contributed by atoms with van der Waals surface area (Å²) < 4.78 is 30.1. The van der Waals surface area contributed by atoms with E-state index in [9.17, 15) is 8.42 Å². The summed E-state index contributed by atoms with van der Waals surface area (Å²) in [5.74, 6) is 1.44. The van der Waals surface area contributed by atoms with Crippen molar-refractivity contribution in [3.05, 3.63) is 83.9 Å². The summed E-state index contributed by atoms with van der Waals surface area (Å²) in [6.45, 7) is 5.71. The summed E-state index contributed by atoms with van der Waals surface area (Å²) in [6, 6.07) is 23.1. The monoisotopic (exact) mass is 498 g/mol. The normalized spacial score (nSPS) is 15.1. The number of fused-ring (bicyclic) bond motifs is 3. The lowest BCUT2D eigenvalue weighted by Gasteiger charge is -2.35. The number of hydrogen-bond acceptors (Lipinski definition) is 6. The van der Waals surface area contributed by atoms with E-state index in [2.05, 4.69) is 34.2 Å². The van der Waals surface area contributed by atoms with Crippen LogP contribution in [0.3, 0.4) is 0 Å². The van der Waals surface area contributed by atoms with Crippen LogP contribution in [0.2, 0.25) is 0 Å². The van der Waals surface area contributed by atoms with Gasteiger partial charge in [0.25, 0.3) is 0 Å². The van der Waals surface area contributed by atoms with Crippen molar-refractivity contribution >= 4 is 32.5 Å². The molecule has 1 fully saturated rings. The molecule has 0 spiro atoms. The Morgan fingerprint density at radius 2 is 1.50 bits per heavy atom. The van der Waals surface area contributed by atoms with Gasteiger partial charge in [0.2, 0.25) is 16.0 Å². The summed E-state index contributed by atoms with van der Waals surface area (Å²) in [6.07, 6.45) is 0. The highest BCUT2D eigenvalue weighted by atomic mass is 32.2. The van der Waals surface area contributed by atoms with Gasteiger partial charge in [0.15, 0.2) is 11.5 Å². The van der Waals surface area contributed by atoms with E-state index in [1.165, 1.54) is 0 Å². The Hall–Kier alpha value is -3.82.